The van der Waals surface area contributed by atoms with Gasteiger partial charge in [-0.05, 0) is 75.0 Å². The van der Waals surface area contributed by atoms with Gasteiger partial charge in [0.25, 0.3) is 0 Å². The summed E-state index contributed by atoms with van der Waals surface area (Å²) in [5, 5.41) is 2.23. The molecule has 0 saturated carbocycles. The predicted molar refractivity (Wildman–Crippen MR) is 214 cm³/mol. The Kier molecular flexibility index (Phi) is 6.70. The molecule has 3 heterocycles. The van der Waals surface area contributed by atoms with Crippen molar-refractivity contribution in [1.82, 2.24) is 19.9 Å². The van der Waals surface area contributed by atoms with Crippen molar-refractivity contribution in [3.8, 4) is 67.9 Å². The van der Waals surface area contributed by atoms with Gasteiger partial charge in [-0.2, -0.15) is 0 Å². The van der Waals surface area contributed by atoms with E-state index in [4.69, 9.17) is 19.7 Å². The summed E-state index contributed by atoms with van der Waals surface area (Å²) >= 11 is 0. The second-order valence-electron chi connectivity index (χ2n) is 13.8. The third kappa shape index (κ3) is 4.52. The summed E-state index contributed by atoms with van der Waals surface area (Å²) in [6.07, 6.45) is 3.73. The number of hydrogen-bond acceptors (Lipinski definition) is 5. The van der Waals surface area contributed by atoms with Gasteiger partial charge in [0.2, 0.25) is 0 Å². The first-order valence-electron chi connectivity index (χ1n) is 18.1. The quantitative estimate of drug-likeness (QED) is 0.184. The molecule has 2 aromatic heterocycles. The number of pyridine rings is 1. The monoisotopic (exact) mass is 690 g/mol. The van der Waals surface area contributed by atoms with Gasteiger partial charge in [0.1, 0.15) is 11.5 Å². The van der Waals surface area contributed by atoms with E-state index in [1.54, 1.807) is 0 Å². The van der Waals surface area contributed by atoms with Gasteiger partial charge < -0.3 is 4.74 Å². The lowest BCUT2D eigenvalue weighted by Crippen LogP contribution is -2.32. The average Bonchev–Trinajstić information content (AvgIpc) is 3.54. The summed E-state index contributed by atoms with van der Waals surface area (Å²) in [4.78, 5) is 19.9. The highest BCUT2D eigenvalue weighted by Gasteiger charge is 2.51. The molecule has 252 valence electrons. The van der Waals surface area contributed by atoms with E-state index in [0.717, 1.165) is 61.2 Å². The first kappa shape index (κ1) is 30.4. The summed E-state index contributed by atoms with van der Waals surface area (Å²) in [6, 6.07) is 59.3. The maximum atomic E-state index is 6.84. The van der Waals surface area contributed by atoms with Gasteiger partial charge in [-0.1, -0.05) is 133 Å². The maximum absolute atomic E-state index is 6.84. The molecule has 54 heavy (non-hydrogen) atoms. The molecule has 2 aliphatic rings. The van der Waals surface area contributed by atoms with Gasteiger partial charge >= 0.3 is 0 Å². The summed E-state index contributed by atoms with van der Waals surface area (Å²) in [7, 11) is 0. The molecule has 5 heteroatoms. The molecule has 1 spiro atoms. The summed E-state index contributed by atoms with van der Waals surface area (Å²) in [5.41, 5.74) is 11.2. The van der Waals surface area contributed by atoms with Crippen molar-refractivity contribution in [3.63, 3.8) is 0 Å². The molecule has 0 saturated heterocycles. The Balaban J connectivity index is 1.19. The third-order valence-corrected chi connectivity index (χ3v) is 10.9. The molecule has 0 bridgehead atoms. The van der Waals surface area contributed by atoms with Crippen LogP contribution in [0.1, 0.15) is 22.3 Å². The lowest BCUT2D eigenvalue weighted by Gasteiger charge is -2.40. The van der Waals surface area contributed by atoms with Crippen molar-refractivity contribution in [2.75, 3.05) is 0 Å². The third-order valence-electron chi connectivity index (χ3n) is 10.9. The Hall–Kier alpha value is -7.24. The zero-order chi connectivity index (χ0) is 35.6. The van der Waals surface area contributed by atoms with Crippen LogP contribution in [0.5, 0.6) is 11.5 Å². The van der Waals surface area contributed by atoms with E-state index in [0.29, 0.717) is 17.5 Å². The number of hydrogen-bond donors (Lipinski definition) is 0. The van der Waals surface area contributed by atoms with E-state index in [1.165, 1.54) is 22.3 Å². The van der Waals surface area contributed by atoms with Gasteiger partial charge in [0, 0.05) is 45.8 Å². The fourth-order valence-electron chi connectivity index (χ4n) is 8.52. The topological polar surface area (TPSA) is 60.8 Å². The molecule has 0 fully saturated rings. The first-order chi connectivity index (χ1) is 26.8. The second-order valence-corrected chi connectivity index (χ2v) is 13.8. The fraction of sp³-hybridized carbons (Fsp3) is 0.0204. The smallest absolute Gasteiger partial charge is 0.164 e. The molecule has 11 rings (SSSR count). The average molecular weight is 691 g/mol. The van der Waals surface area contributed by atoms with E-state index in [-0.39, 0.29) is 0 Å². The molecule has 0 unspecified atom stereocenters. The molecule has 7 aromatic carbocycles. The molecular weight excluding hydrogens is 661 g/mol. The van der Waals surface area contributed by atoms with Crippen molar-refractivity contribution >= 4 is 10.8 Å². The minimum Gasteiger partial charge on any atom is -0.457 e. The van der Waals surface area contributed by atoms with Crippen LogP contribution in [0.3, 0.4) is 0 Å². The molecule has 0 radical (unpaired) electrons. The van der Waals surface area contributed by atoms with Crippen molar-refractivity contribution in [3.05, 3.63) is 205 Å². The van der Waals surface area contributed by atoms with E-state index in [9.17, 15) is 0 Å². The van der Waals surface area contributed by atoms with Crippen LogP contribution >= 0.6 is 0 Å². The Morgan fingerprint density at radius 3 is 1.70 bits per heavy atom. The van der Waals surface area contributed by atoms with Crippen LogP contribution in [-0.2, 0) is 5.41 Å². The van der Waals surface area contributed by atoms with Crippen LogP contribution in [0.4, 0.5) is 0 Å². The van der Waals surface area contributed by atoms with Gasteiger partial charge in [-0.3, -0.25) is 4.98 Å². The SMILES string of the molecule is c1ccc(-c2nc(-c3ccc4c(c3)C3(c5cc(-c6cccnc6)ccc5O4)c4ccccc4-c4ccccc43)nc(-c3cccc4ccccc34)n2)cc1. The van der Waals surface area contributed by atoms with Crippen LogP contribution in [0.25, 0.3) is 67.2 Å². The Labute approximate surface area is 312 Å². The number of fused-ring (bicyclic) bond motifs is 10. The number of ether oxygens (including phenoxy) is 1. The van der Waals surface area contributed by atoms with E-state index < -0.39 is 5.41 Å². The maximum Gasteiger partial charge on any atom is 0.164 e. The zero-order valence-electron chi connectivity index (χ0n) is 29.0. The molecule has 9 aromatic rings. The predicted octanol–water partition coefficient (Wildman–Crippen LogP) is 11.6. The van der Waals surface area contributed by atoms with Crippen LogP contribution in [-0.4, -0.2) is 19.9 Å². The Morgan fingerprint density at radius 2 is 0.963 bits per heavy atom. The highest BCUT2D eigenvalue weighted by atomic mass is 16.5. The zero-order valence-corrected chi connectivity index (χ0v) is 29.0. The van der Waals surface area contributed by atoms with E-state index >= 15 is 0 Å². The van der Waals surface area contributed by atoms with Crippen LogP contribution in [0, 0.1) is 0 Å². The Bertz CT molecular complexity index is 2870. The number of rotatable bonds is 4. The highest BCUT2D eigenvalue weighted by Crippen LogP contribution is 2.62. The molecule has 0 atom stereocenters. The largest absolute Gasteiger partial charge is 0.457 e. The van der Waals surface area contributed by atoms with Crippen LogP contribution < -0.4 is 4.74 Å². The molecule has 1 aliphatic heterocycles. The summed E-state index contributed by atoms with van der Waals surface area (Å²) in [6.45, 7) is 0. The van der Waals surface area contributed by atoms with Crippen molar-refractivity contribution in [1.29, 1.82) is 0 Å². The van der Waals surface area contributed by atoms with Gasteiger partial charge in [0.05, 0.1) is 5.41 Å². The minimum absolute atomic E-state index is 0.596. The molecule has 1 aliphatic carbocycles. The van der Waals surface area contributed by atoms with E-state index in [2.05, 4.69) is 138 Å². The van der Waals surface area contributed by atoms with E-state index in [1.807, 2.05) is 48.8 Å². The number of nitrogens with zero attached hydrogens (tertiary/aromatic N) is 4. The molecule has 0 amide bonds. The second kappa shape index (κ2) is 11.9. The van der Waals surface area contributed by atoms with Crippen molar-refractivity contribution < 1.29 is 4.74 Å². The lowest BCUT2D eigenvalue weighted by molar-refractivity contribution is 0.436. The summed E-state index contributed by atoms with van der Waals surface area (Å²) < 4.78 is 6.84. The van der Waals surface area contributed by atoms with Gasteiger partial charge in [-0.15, -0.1) is 0 Å². The first-order valence-corrected chi connectivity index (χ1v) is 18.1. The molecule has 5 nitrogen and oxygen atoms in total. The number of benzene rings is 7. The summed E-state index contributed by atoms with van der Waals surface area (Å²) in [5.74, 6) is 3.48. The minimum atomic E-state index is -0.669. The normalized spacial score (nSPS) is 13.1. The number of aromatic nitrogens is 4. The van der Waals surface area contributed by atoms with Crippen molar-refractivity contribution in [2.45, 2.75) is 5.41 Å². The van der Waals surface area contributed by atoms with Gasteiger partial charge in [0.15, 0.2) is 17.5 Å². The Morgan fingerprint density at radius 1 is 0.389 bits per heavy atom. The highest BCUT2D eigenvalue weighted by molar-refractivity contribution is 5.95. The van der Waals surface area contributed by atoms with Gasteiger partial charge in [-0.25, -0.2) is 15.0 Å². The van der Waals surface area contributed by atoms with Crippen LogP contribution in [0.15, 0.2) is 182 Å². The molecular formula is C49H30N4O. The fourth-order valence-corrected chi connectivity index (χ4v) is 8.52. The molecule has 0 N–H and O–H groups in total. The van der Waals surface area contributed by atoms with Crippen molar-refractivity contribution in [2.24, 2.45) is 0 Å². The standard InChI is InChI=1S/C49H30N4O/c1-2-13-32(14-3-1)46-51-47(53-48(52-46)39-20-10-15-31-12-4-5-17-36(31)39)34-24-26-45-43(29-34)49(40-21-8-6-18-37(40)38-19-7-9-22-41(38)49)42-28-33(23-25-44(42)54-45)35-16-11-27-50-30-35/h1-30H. The van der Waals surface area contributed by atoms with Crippen LogP contribution in [0.2, 0.25) is 0 Å². The lowest BCUT2D eigenvalue weighted by atomic mass is 9.65.